The van der Waals surface area contributed by atoms with Gasteiger partial charge in [-0.3, -0.25) is 4.79 Å². The summed E-state index contributed by atoms with van der Waals surface area (Å²) in [6, 6.07) is 12.0. The van der Waals surface area contributed by atoms with Crippen molar-refractivity contribution in [2.24, 2.45) is 17.3 Å². The van der Waals surface area contributed by atoms with Crippen LogP contribution in [0.1, 0.15) is 51.2 Å². The Morgan fingerprint density at radius 1 is 1.15 bits per heavy atom. The number of aliphatic hydroxyl groups is 1. The van der Waals surface area contributed by atoms with E-state index in [4.69, 9.17) is 13.9 Å². The number of amides is 1. The van der Waals surface area contributed by atoms with Crippen LogP contribution in [0, 0.1) is 17.3 Å². The molecule has 3 aliphatic carbocycles. The zero-order chi connectivity index (χ0) is 28.0. The molecule has 1 aromatic heterocycles. The van der Waals surface area contributed by atoms with E-state index in [0.717, 1.165) is 23.8 Å². The number of para-hydroxylation sites is 1. The van der Waals surface area contributed by atoms with Gasteiger partial charge in [0.25, 0.3) is 5.91 Å². The molecule has 0 aliphatic heterocycles. The van der Waals surface area contributed by atoms with E-state index in [9.17, 15) is 9.90 Å². The van der Waals surface area contributed by atoms with Crippen LogP contribution in [0.3, 0.4) is 0 Å². The van der Waals surface area contributed by atoms with E-state index < -0.39 is 29.0 Å². The fourth-order valence-electron chi connectivity index (χ4n) is 6.61. The molecule has 39 heavy (non-hydrogen) atoms. The number of carbonyl (C=O) groups excluding carboxylic acids is 1. The van der Waals surface area contributed by atoms with Gasteiger partial charge in [0.05, 0.1) is 25.1 Å². The first-order chi connectivity index (χ1) is 18.4. The largest absolute Gasteiger partial charge is 0.497 e. The third kappa shape index (κ3) is 5.05. The molecule has 6 rings (SSSR count). The Balaban J connectivity index is 1.30. The molecule has 0 spiro atoms. The second-order valence-electron chi connectivity index (χ2n) is 11.9. The van der Waals surface area contributed by atoms with Gasteiger partial charge in [0.2, 0.25) is 0 Å². The van der Waals surface area contributed by atoms with Crippen molar-refractivity contribution in [1.82, 2.24) is 5.32 Å². The Morgan fingerprint density at radius 2 is 1.87 bits per heavy atom. The summed E-state index contributed by atoms with van der Waals surface area (Å²) >= 11 is 0. The van der Waals surface area contributed by atoms with Gasteiger partial charge in [-0.2, -0.15) is 8.78 Å². The lowest BCUT2D eigenvalue weighted by Crippen LogP contribution is -2.67. The van der Waals surface area contributed by atoms with E-state index in [1.807, 2.05) is 31.2 Å². The molecule has 6 nitrogen and oxygen atoms in total. The van der Waals surface area contributed by atoms with Crippen molar-refractivity contribution in [2.45, 2.75) is 70.1 Å². The Hall–Kier alpha value is -2.97. The maximum Gasteiger partial charge on any atom is 0.349 e. The summed E-state index contributed by atoms with van der Waals surface area (Å²) in [6.45, 7) is 6.45. The van der Waals surface area contributed by atoms with Crippen LogP contribution in [0.25, 0.3) is 11.0 Å². The van der Waals surface area contributed by atoms with Gasteiger partial charge in [-0.25, -0.2) is 0 Å². The van der Waals surface area contributed by atoms with Crippen molar-refractivity contribution < 1.29 is 32.6 Å². The minimum absolute atomic E-state index is 0.0786. The van der Waals surface area contributed by atoms with Gasteiger partial charge in [0.15, 0.2) is 0 Å². The van der Waals surface area contributed by atoms with Crippen LogP contribution in [-0.4, -0.2) is 42.5 Å². The highest BCUT2D eigenvalue weighted by molar-refractivity contribution is 5.85. The first-order valence-corrected chi connectivity index (χ1v) is 13.6. The minimum Gasteiger partial charge on any atom is -0.497 e. The van der Waals surface area contributed by atoms with Gasteiger partial charge in [0.1, 0.15) is 11.3 Å². The third-order valence-corrected chi connectivity index (χ3v) is 9.21. The van der Waals surface area contributed by atoms with E-state index in [1.54, 1.807) is 6.26 Å². The molecule has 2 N–H and O–H groups in total. The smallest absolute Gasteiger partial charge is 0.349 e. The number of carbonyl (C=O) groups is 1. The van der Waals surface area contributed by atoms with Gasteiger partial charge >= 0.3 is 5.92 Å². The van der Waals surface area contributed by atoms with Crippen molar-refractivity contribution in [1.29, 1.82) is 0 Å². The number of nitrogens with one attached hydrogen (secondary N) is 1. The molecule has 3 saturated carbocycles. The van der Waals surface area contributed by atoms with Crippen molar-refractivity contribution in [3.63, 3.8) is 0 Å². The van der Waals surface area contributed by atoms with Crippen LogP contribution in [0.15, 0.2) is 59.2 Å². The second kappa shape index (κ2) is 10.2. The molecule has 3 fully saturated rings. The standard InChI is InChI=1S/C31H37F2NO5/c1-29(2)21-16-26(29)30(3,36)27(17-21)38-14-13-22(15-19-18-39-25-8-6-5-7-24(19)25)34-28(35)31(32,33)20-9-11-23(37-4)12-10-20/h5-12,18,21-22,26-27,36H,13-17H2,1-4H3,(H,34,35)/t21-,22+,26-,27+,30-/m0/s1. The highest BCUT2D eigenvalue weighted by Gasteiger charge is 2.63. The Bertz CT molecular complexity index is 1320. The van der Waals surface area contributed by atoms with Gasteiger partial charge in [-0.1, -0.05) is 32.0 Å². The fraction of sp³-hybridized carbons (Fsp3) is 0.516. The summed E-state index contributed by atoms with van der Waals surface area (Å²) in [4.78, 5) is 12.9. The number of halogens is 2. The number of benzene rings is 2. The average molecular weight is 542 g/mol. The monoisotopic (exact) mass is 541 g/mol. The summed E-state index contributed by atoms with van der Waals surface area (Å²) in [5.41, 5.74) is 0.215. The molecule has 2 bridgehead atoms. The van der Waals surface area contributed by atoms with Gasteiger partial charge in [0, 0.05) is 29.2 Å². The van der Waals surface area contributed by atoms with E-state index in [1.165, 1.54) is 31.4 Å². The minimum atomic E-state index is -3.73. The molecule has 5 atom stereocenters. The number of methoxy groups -OCH3 is 1. The Kier molecular flexibility index (Phi) is 7.22. The topological polar surface area (TPSA) is 80.9 Å². The van der Waals surface area contributed by atoms with Crippen LogP contribution in [0.2, 0.25) is 0 Å². The van der Waals surface area contributed by atoms with E-state index in [2.05, 4.69) is 19.2 Å². The predicted molar refractivity (Wildman–Crippen MR) is 144 cm³/mol. The van der Waals surface area contributed by atoms with Crippen LogP contribution in [-0.2, 0) is 21.9 Å². The summed E-state index contributed by atoms with van der Waals surface area (Å²) in [6.07, 6.45) is 3.62. The maximum absolute atomic E-state index is 15.2. The van der Waals surface area contributed by atoms with Crippen LogP contribution < -0.4 is 10.1 Å². The molecule has 0 radical (unpaired) electrons. The fourth-order valence-corrected chi connectivity index (χ4v) is 6.61. The first-order valence-electron chi connectivity index (χ1n) is 13.6. The van der Waals surface area contributed by atoms with E-state index in [0.29, 0.717) is 30.1 Å². The summed E-state index contributed by atoms with van der Waals surface area (Å²) in [7, 11) is 1.45. The summed E-state index contributed by atoms with van der Waals surface area (Å²) in [5, 5.41) is 14.7. The van der Waals surface area contributed by atoms with Crippen LogP contribution >= 0.6 is 0 Å². The normalized spacial score (nSPS) is 26.6. The molecule has 0 saturated heterocycles. The molecule has 1 heterocycles. The quantitative estimate of drug-likeness (QED) is 0.336. The zero-order valence-corrected chi connectivity index (χ0v) is 22.9. The van der Waals surface area contributed by atoms with Crippen molar-refractivity contribution in [3.05, 3.63) is 65.9 Å². The number of furan rings is 1. The maximum atomic E-state index is 15.2. The molecular formula is C31H37F2NO5. The second-order valence-corrected chi connectivity index (χ2v) is 11.9. The molecule has 210 valence electrons. The summed E-state index contributed by atoms with van der Waals surface area (Å²) in [5.74, 6) is -4.04. The zero-order valence-electron chi connectivity index (χ0n) is 22.9. The molecule has 1 amide bonds. The number of fused-ring (bicyclic) bond motifs is 3. The lowest BCUT2D eigenvalue weighted by atomic mass is 9.43. The number of hydrogen-bond acceptors (Lipinski definition) is 5. The summed E-state index contributed by atoms with van der Waals surface area (Å²) < 4.78 is 47.2. The highest BCUT2D eigenvalue weighted by atomic mass is 19.3. The SMILES string of the molecule is COc1ccc(C(F)(F)C(=O)N[C@H](CCO[C@@H]2C[C@@H]3C[C@@H](C3(C)C)[C@]2(C)O)Cc2coc3ccccc23)cc1. The van der Waals surface area contributed by atoms with Crippen molar-refractivity contribution in [3.8, 4) is 5.75 Å². The number of ether oxygens (including phenoxy) is 2. The van der Waals surface area contributed by atoms with Crippen molar-refractivity contribution in [2.75, 3.05) is 13.7 Å². The average Bonchev–Trinajstić information content (AvgIpc) is 3.31. The lowest BCUT2D eigenvalue weighted by Gasteiger charge is -2.64. The number of rotatable bonds is 10. The molecule has 2 aromatic carbocycles. The first kappa shape index (κ1) is 27.6. The van der Waals surface area contributed by atoms with E-state index in [-0.39, 0.29) is 24.0 Å². The molecule has 3 aliphatic rings. The van der Waals surface area contributed by atoms with Gasteiger partial charge < -0.3 is 24.3 Å². The Labute approximate surface area is 227 Å². The number of alkyl halides is 2. The van der Waals surface area contributed by atoms with Crippen LogP contribution in [0.4, 0.5) is 8.78 Å². The van der Waals surface area contributed by atoms with Gasteiger partial charge in [-0.15, -0.1) is 0 Å². The lowest BCUT2D eigenvalue weighted by molar-refractivity contribution is -0.257. The number of hydrogen-bond donors (Lipinski definition) is 2. The molecule has 3 aromatic rings. The van der Waals surface area contributed by atoms with Gasteiger partial charge in [-0.05, 0) is 80.2 Å². The van der Waals surface area contributed by atoms with E-state index >= 15 is 8.78 Å². The van der Waals surface area contributed by atoms with Crippen molar-refractivity contribution >= 4 is 16.9 Å². The molecule has 8 heteroatoms. The van der Waals surface area contributed by atoms with Crippen LogP contribution in [0.5, 0.6) is 5.75 Å². The highest BCUT2D eigenvalue weighted by Crippen LogP contribution is 2.63. The predicted octanol–water partition coefficient (Wildman–Crippen LogP) is 5.85. The molecular weight excluding hydrogens is 504 g/mol. The third-order valence-electron chi connectivity index (χ3n) is 9.21. The molecule has 0 unspecified atom stereocenters. The Morgan fingerprint density at radius 3 is 2.54 bits per heavy atom.